The Morgan fingerprint density at radius 3 is 2.58 bits per heavy atom. The van der Waals surface area contributed by atoms with Crippen LogP contribution in [0.3, 0.4) is 0 Å². The van der Waals surface area contributed by atoms with Crippen molar-refractivity contribution >= 4 is 40.5 Å². The predicted octanol–water partition coefficient (Wildman–Crippen LogP) is 3.75. The van der Waals surface area contributed by atoms with Crippen LogP contribution in [0.25, 0.3) is 0 Å². The molecule has 0 aliphatic carbocycles. The first kappa shape index (κ1) is 13.4. The van der Waals surface area contributed by atoms with E-state index in [1.807, 2.05) is 0 Å². The second kappa shape index (κ2) is 5.29. The highest BCUT2D eigenvalue weighted by molar-refractivity contribution is 6.34. The summed E-state index contributed by atoms with van der Waals surface area (Å²) in [5, 5.41) is 13.3. The van der Waals surface area contributed by atoms with Gasteiger partial charge in [-0.25, -0.2) is 0 Å². The van der Waals surface area contributed by atoms with Crippen molar-refractivity contribution in [2.45, 2.75) is 0 Å². The number of anilines is 1. The molecule has 0 saturated heterocycles. The fraction of sp³-hybridized carbons (Fsp3) is 0. The van der Waals surface area contributed by atoms with Gasteiger partial charge in [-0.2, -0.15) is 0 Å². The summed E-state index contributed by atoms with van der Waals surface area (Å²) < 4.78 is 4.91. The highest BCUT2D eigenvalue weighted by Gasteiger charge is 2.15. The zero-order chi connectivity index (χ0) is 14.0. The molecule has 0 unspecified atom stereocenters. The first-order chi connectivity index (χ1) is 8.97. The minimum atomic E-state index is -0.603. The van der Waals surface area contributed by atoms with Crippen molar-refractivity contribution < 1.29 is 14.1 Å². The van der Waals surface area contributed by atoms with Gasteiger partial charge < -0.3 is 9.73 Å². The van der Waals surface area contributed by atoms with Gasteiger partial charge in [0.25, 0.3) is 11.6 Å². The number of nitro groups is 1. The van der Waals surface area contributed by atoms with E-state index in [2.05, 4.69) is 5.32 Å². The van der Waals surface area contributed by atoms with E-state index in [0.29, 0.717) is 0 Å². The Balaban J connectivity index is 2.25. The van der Waals surface area contributed by atoms with Crippen LogP contribution < -0.4 is 5.32 Å². The molecule has 98 valence electrons. The van der Waals surface area contributed by atoms with Crippen LogP contribution in [0.15, 0.2) is 34.7 Å². The van der Waals surface area contributed by atoms with E-state index in [4.69, 9.17) is 27.6 Å². The van der Waals surface area contributed by atoms with Gasteiger partial charge in [-0.1, -0.05) is 11.6 Å². The number of carbonyl (C=O) groups is 1. The molecule has 0 aliphatic heterocycles. The molecule has 0 spiro atoms. The fourth-order valence-electron chi connectivity index (χ4n) is 1.34. The van der Waals surface area contributed by atoms with Crippen LogP contribution in [0.1, 0.15) is 10.6 Å². The van der Waals surface area contributed by atoms with E-state index in [0.717, 1.165) is 6.07 Å². The van der Waals surface area contributed by atoms with Crippen LogP contribution in [0.2, 0.25) is 10.2 Å². The molecule has 6 nitrogen and oxygen atoms in total. The van der Waals surface area contributed by atoms with Crippen molar-refractivity contribution in [3.8, 4) is 0 Å². The van der Waals surface area contributed by atoms with Crippen molar-refractivity contribution in [3.05, 3.63) is 56.4 Å². The zero-order valence-corrected chi connectivity index (χ0v) is 10.7. The third kappa shape index (κ3) is 3.04. The third-order valence-corrected chi connectivity index (χ3v) is 2.74. The maximum Gasteiger partial charge on any atom is 0.291 e. The normalized spacial score (nSPS) is 10.2. The molecule has 0 aliphatic rings. The van der Waals surface area contributed by atoms with Gasteiger partial charge >= 0.3 is 0 Å². The molecule has 0 atom stereocenters. The summed E-state index contributed by atoms with van der Waals surface area (Å²) in [4.78, 5) is 21.8. The number of benzene rings is 1. The Bertz CT molecular complexity index is 654. The Labute approximate surface area is 117 Å². The van der Waals surface area contributed by atoms with E-state index >= 15 is 0 Å². The largest absolute Gasteiger partial charge is 0.440 e. The number of carbonyl (C=O) groups excluding carboxylic acids is 1. The number of furan rings is 1. The number of amides is 1. The number of halogens is 2. The molecule has 19 heavy (non-hydrogen) atoms. The SMILES string of the molecule is O=C(Nc1cc([N+](=O)[O-])ccc1Cl)c1ccc(Cl)o1. The van der Waals surface area contributed by atoms with Gasteiger partial charge in [-0.3, -0.25) is 14.9 Å². The molecule has 8 heteroatoms. The van der Waals surface area contributed by atoms with Gasteiger partial charge in [0.2, 0.25) is 0 Å². The monoisotopic (exact) mass is 300 g/mol. The molecule has 1 aromatic carbocycles. The average molecular weight is 301 g/mol. The number of nitrogens with zero attached hydrogens (tertiary/aromatic N) is 1. The lowest BCUT2D eigenvalue weighted by molar-refractivity contribution is -0.384. The first-order valence-corrected chi connectivity index (χ1v) is 5.73. The van der Waals surface area contributed by atoms with Crippen LogP contribution in [-0.4, -0.2) is 10.8 Å². The maximum absolute atomic E-state index is 11.8. The van der Waals surface area contributed by atoms with E-state index in [-0.39, 0.29) is 27.4 Å². The first-order valence-electron chi connectivity index (χ1n) is 4.98. The summed E-state index contributed by atoms with van der Waals surface area (Å²) in [7, 11) is 0. The smallest absolute Gasteiger partial charge is 0.291 e. The highest BCUT2D eigenvalue weighted by atomic mass is 35.5. The molecule has 0 radical (unpaired) electrons. The molecule has 0 saturated carbocycles. The lowest BCUT2D eigenvalue weighted by atomic mass is 10.2. The van der Waals surface area contributed by atoms with Crippen molar-refractivity contribution in [1.29, 1.82) is 0 Å². The lowest BCUT2D eigenvalue weighted by Crippen LogP contribution is -2.11. The van der Waals surface area contributed by atoms with Crippen molar-refractivity contribution in [3.63, 3.8) is 0 Å². The van der Waals surface area contributed by atoms with Gasteiger partial charge in [0.1, 0.15) is 0 Å². The summed E-state index contributed by atoms with van der Waals surface area (Å²) in [6.45, 7) is 0. The van der Waals surface area contributed by atoms with E-state index in [9.17, 15) is 14.9 Å². The molecule has 1 heterocycles. The number of nitrogens with one attached hydrogen (secondary N) is 1. The van der Waals surface area contributed by atoms with E-state index < -0.39 is 10.8 Å². The lowest BCUT2D eigenvalue weighted by Gasteiger charge is -2.05. The molecule has 0 bridgehead atoms. The van der Waals surface area contributed by atoms with Gasteiger partial charge in [0, 0.05) is 12.1 Å². The van der Waals surface area contributed by atoms with Crippen LogP contribution in [0.5, 0.6) is 0 Å². The molecule has 0 fully saturated rings. The van der Waals surface area contributed by atoms with E-state index in [1.165, 1.54) is 24.3 Å². The predicted molar refractivity (Wildman–Crippen MR) is 69.8 cm³/mol. The fourth-order valence-corrected chi connectivity index (χ4v) is 1.65. The molecule has 2 aromatic rings. The van der Waals surface area contributed by atoms with Crippen molar-refractivity contribution in [2.75, 3.05) is 5.32 Å². The molecular weight excluding hydrogens is 295 g/mol. The number of rotatable bonds is 3. The van der Waals surface area contributed by atoms with Crippen LogP contribution >= 0.6 is 23.2 Å². The molecule has 1 N–H and O–H groups in total. The van der Waals surface area contributed by atoms with Gasteiger partial charge in [0.15, 0.2) is 11.0 Å². The van der Waals surface area contributed by atoms with Gasteiger partial charge in [-0.15, -0.1) is 0 Å². The van der Waals surface area contributed by atoms with Crippen LogP contribution in [-0.2, 0) is 0 Å². The van der Waals surface area contributed by atoms with Crippen molar-refractivity contribution in [1.82, 2.24) is 0 Å². The Kier molecular flexibility index (Phi) is 3.73. The Morgan fingerprint density at radius 2 is 2.00 bits per heavy atom. The average Bonchev–Trinajstić information content (AvgIpc) is 2.78. The number of nitro benzene ring substituents is 1. The highest BCUT2D eigenvalue weighted by Crippen LogP contribution is 2.27. The van der Waals surface area contributed by atoms with Gasteiger partial charge in [-0.05, 0) is 29.8 Å². The number of non-ortho nitro benzene ring substituents is 1. The minimum Gasteiger partial charge on any atom is -0.440 e. The summed E-state index contributed by atoms with van der Waals surface area (Å²) in [6.07, 6.45) is 0. The standard InChI is InChI=1S/C11H6Cl2N2O4/c12-7-2-1-6(15(17)18)5-8(7)14-11(16)9-3-4-10(13)19-9/h1-5H,(H,14,16). The van der Waals surface area contributed by atoms with Gasteiger partial charge in [0.05, 0.1) is 15.6 Å². The zero-order valence-electron chi connectivity index (χ0n) is 9.22. The van der Waals surface area contributed by atoms with Crippen LogP contribution in [0, 0.1) is 10.1 Å². The summed E-state index contributed by atoms with van der Waals surface area (Å²) in [5.41, 5.74) is -0.0643. The van der Waals surface area contributed by atoms with Crippen molar-refractivity contribution in [2.24, 2.45) is 0 Å². The second-order valence-electron chi connectivity index (χ2n) is 3.48. The summed E-state index contributed by atoms with van der Waals surface area (Å²) in [5.74, 6) is -0.623. The molecule has 2 rings (SSSR count). The summed E-state index contributed by atoms with van der Waals surface area (Å²) >= 11 is 11.4. The maximum atomic E-state index is 11.8. The minimum absolute atomic E-state index is 0.0208. The third-order valence-electron chi connectivity index (χ3n) is 2.21. The molecule has 1 aromatic heterocycles. The quantitative estimate of drug-likeness (QED) is 0.691. The second-order valence-corrected chi connectivity index (χ2v) is 4.26. The number of hydrogen-bond acceptors (Lipinski definition) is 4. The summed E-state index contributed by atoms with van der Waals surface area (Å²) in [6, 6.07) is 6.51. The number of hydrogen-bond donors (Lipinski definition) is 1. The molecular formula is C11H6Cl2N2O4. The van der Waals surface area contributed by atoms with Crippen LogP contribution in [0.4, 0.5) is 11.4 Å². The Morgan fingerprint density at radius 1 is 1.26 bits per heavy atom. The molecule has 1 amide bonds. The Hall–Kier alpha value is -2.05. The van der Waals surface area contributed by atoms with E-state index in [1.54, 1.807) is 0 Å². The topological polar surface area (TPSA) is 85.4 Å².